The number of unbranched alkanes of at least 4 members (excludes halogenated alkanes) is 2. The number of guanidine groups is 1. The van der Waals surface area contributed by atoms with Gasteiger partial charge in [0.2, 0.25) is 0 Å². The summed E-state index contributed by atoms with van der Waals surface area (Å²) >= 11 is 0. The lowest BCUT2D eigenvalue weighted by atomic mass is 10.1. The smallest absolute Gasteiger partial charge is 0.191 e. The van der Waals surface area contributed by atoms with Crippen LogP contribution in [-0.2, 0) is 9.84 Å². The molecule has 20 heavy (non-hydrogen) atoms. The summed E-state index contributed by atoms with van der Waals surface area (Å²) in [5, 5.41) is 6.44. The minimum atomic E-state index is -2.94. The van der Waals surface area contributed by atoms with Crippen molar-refractivity contribution in [3.63, 3.8) is 0 Å². The molecular weight excluding hydrogens is 389 g/mol. The van der Waals surface area contributed by atoms with Crippen molar-refractivity contribution >= 4 is 39.8 Å². The van der Waals surface area contributed by atoms with Crippen LogP contribution in [0.15, 0.2) is 4.99 Å². The van der Waals surface area contributed by atoms with Gasteiger partial charge in [-0.3, -0.25) is 4.99 Å². The van der Waals surface area contributed by atoms with E-state index in [1.807, 2.05) is 6.92 Å². The zero-order valence-electron chi connectivity index (χ0n) is 13.1. The monoisotopic (exact) mass is 419 g/mol. The van der Waals surface area contributed by atoms with Crippen LogP contribution in [0.2, 0.25) is 0 Å². The average molecular weight is 419 g/mol. The minimum Gasteiger partial charge on any atom is -0.357 e. The molecule has 0 fully saturated rings. The Hall–Kier alpha value is -0.0500. The van der Waals surface area contributed by atoms with Crippen LogP contribution in [0.5, 0.6) is 0 Å². The highest BCUT2D eigenvalue weighted by Crippen LogP contribution is 2.02. The highest BCUT2D eigenvalue weighted by atomic mass is 127. The van der Waals surface area contributed by atoms with Gasteiger partial charge in [-0.15, -0.1) is 24.0 Å². The van der Waals surface area contributed by atoms with Gasteiger partial charge in [0.25, 0.3) is 0 Å². The van der Waals surface area contributed by atoms with Crippen molar-refractivity contribution in [1.82, 2.24) is 10.6 Å². The second kappa shape index (κ2) is 12.7. The molecule has 0 aliphatic heterocycles. The quantitative estimate of drug-likeness (QED) is 0.260. The summed E-state index contributed by atoms with van der Waals surface area (Å²) in [6.45, 7) is 7.38. The summed E-state index contributed by atoms with van der Waals surface area (Å²) in [6, 6.07) is 0.350. The van der Waals surface area contributed by atoms with Gasteiger partial charge in [0.1, 0.15) is 9.84 Å². The third-order valence-corrected chi connectivity index (χ3v) is 3.62. The fraction of sp³-hybridized carbons (Fsp3) is 0.923. The number of rotatable bonds is 9. The van der Waals surface area contributed by atoms with Gasteiger partial charge < -0.3 is 10.6 Å². The van der Waals surface area contributed by atoms with Crippen molar-refractivity contribution in [2.24, 2.45) is 4.99 Å². The number of nitrogens with zero attached hydrogens (tertiary/aromatic N) is 1. The van der Waals surface area contributed by atoms with Crippen molar-refractivity contribution in [2.45, 2.75) is 52.5 Å². The second-order valence-corrected chi connectivity index (χ2v) is 7.19. The first-order valence-electron chi connectivity index (χ1n) is 7.11. The van der Waals surface area contributed by atoms with Crippen molar-refractivity contribution < 1.29 is 8.42 Å². The fourth-order valence-electron chi connectivity index (χ4n) is 1.65. The Bertz CT molecular complexity index is 359. The molecule has 0 aliphatic carbocycles. The van der Waals surface area contributed by atoms with Gasteiger partial charge in [-0.05, 0) is 20.3 Å². The van der Waals surface area contributed by atoms with Gasteiger partial charge in [-0.2, -0.15) is 0 Å². The molecule has 0 spiro atoms. The number of nitrogens with one attached hydrogen (secondary N) is 2. The van der Waals surface area contributed by atoms with Crippen molar-refractivity contribution in [1.29, 1.82) is 0 Å². The van der Waals surface area contributed by atoms with Gasteiger partial charge in [0.15, 0.2) is 5.96 Å². The molecule has 0 amide bonds. The molecule has 0 aliphatic rings. The summed E-state index contributed by atoms with van der Waals surface area (Å²) in [4.78, 5) is 4.28. The molecule has 1 unspecified atom stereocenters. The molecule has 7 heteroatoms. The summed E-state index contributed by atoms with van der Waals surface area (Å²) in [6.07, 6.45) is 6.00. The maximum atomic E-state index is 11.1. The molecular formula is C13H30IN3O2S. The number of halogens is 1. The van der Waals surface area contributed by atoms with Crippen LogP contribution < -0.4 is 10.6 Å². The lowest BCUT2D eigenvalue weighted by molar-refractivity contribution is 0.547. The van der Waals surface area contributed by atoms with E-state index in [0.29, 0.717) is 18.5 Å². The molecule has 0 heterocycles. The highest BCUT2D eigenvalue weighted by molar-refractivity contribution is 14.0. The van der Waals surface area contributed by atoms with Gasteiger partial charge in [-0.1, -0.05) is 26.2 Å². The number of hydrogen-bond acceptors (Lipinski definition) is 3. The van der Waals surface area contributed by atoms with Crippen molar-refractivity contribution in [3.8, 4) is 0 Å². The van der Waals surface area contributed by atoms with Gasteiger partial charge in [0, 0.05) is 18.8 Å². The predicted octanol–water partition coefficient (Wildman–Crippen LogP) is 2.17. The number of aliphatic imine (C=N–C) groups is 1. The van der Waals surface area contributed by atoms with E-state index < -0.39 is 9.84 Å². The Labute approximate surface area is 141 Å². The number of hydrogen-bond donors (Lipinski definition) is 2. The van der Waals surface area contributed by atoms with Crippen molar-refractivity contribution in [2.75, 3.05) is 25.1 Å². The maximum absolute atomic E-state index is 11.1. The maximum Gasteiger partial charge on any atom is 0.191 e. The first kappa shape index (κ1) is 22.2. The van der Waals surface area contributed by atoms with E-state index in [9.17, 15) is 8.42 Å². The van der Waals surface area contributed by atoms with Crippen LogP contribution in [0.4, 0.5) is 0 Å². The minimum absolute atomic E-state index is 0. The molecule has 1 atom stereocenters. The standard InChI is InChI=1S/C13H29N3O2S.HI/c1-5-7-8-9-12(3)16-13(14-6-2)15-10-11-19(4,17)18;/h12H,5-11H2,1-4H3,(H2,14,15,16);1H. The normalized spacial score (nSPS) is 13.5. The molecule has 0 aromatic heterocycles. The zero-order chi connectivity index (χ0) is 14.7. The van der Waals surface area contributed by atoms with Crippen LogP contribution in [0.3, 0.4) is 0 Å². The van der Waals surface area contributed by atoms with Crippen LogP contribution >= 0.6 is 24.0 Å². The van der Waals surface area contributed by atoms with E-state index in [2.05, 4.69) is 29.5 Å². The topological polar surface area (TPSA) is 70.6 Å². The van der Waals surface area contributed by atoms with E-state index in [1.54, 1.807) is 0 Å². The van der Waals surface area contributed by atoms with E-state index in [1.165, 1.54) is 25.5 Å². The summed E-state index contributed by atoms with van der Waals surface area (Å²) < 4.78 is 22.1. The van der Waals surface area contributed by atoms with E-state index in [4.69, 9.17) is 0 Å². The second-order valence-electron chi connectivity index (χ2n) is 4.93. The average Bonchev–Trinajstić information content (AvgIpc) is 2.27. The lowest BCUT2D eigenvalue weighted by Crippen LogP contribution is -2.42. The van der Waals surface area contributed by atoms with Crippen LogP contribution in [0.1, 0.15) is 46.5 Å². The molecule has 0 aromatic rings. The zero-order valence-corrected chi connectivity index (χ0v) is 16.3. The fourth-order valence-corrected chi connectivity index (χ4v) is 2.07. The summed E-state index contributed by atoms with van der Waals surface area (Å²) in [5.41, 5.74) is 0. The number of sulfone groups is 1. The largest absolute Gasteiger partial charge is 0.357 e. The molecule has 0 aromatic carbocycles. The molecule has 5 nitrogen and oxygen atoms in total. The Kier molecular flexibility index (Phi) is 14.1. The molecule has 2 N–H and O–H groups in total. The van der Waals surface area contributed by atoms with Gasteiger partial charge in [-0.25, -0.2) is 8.42 Å². The Morgan fingerprint density at radius 1 is 1.25 bits per heavy atom. The van der Waals surface area contributed by atoms with Crippen LogP contribution in [0, 0.1) is 0 Å². The third kappa shape index (κ3) is 14.4. The SMILES string of the molecule is CCCCCC(C)NC(=NCCS(C)(=O)=O)NCC.I. The Morgan fingerprint density at radius 3 is 2.40 bits per heavy atom. The molecule has 122 valence electrons. The molecule has 0 bridgehead atoms. The molecule has 0 rings (SSSR count). The first-order chi connectivity index (χ1) is 8.89. The highest BCUT2D eigenvalue weighted by Gasteiger charge is 2.05. The van der Waals surface area contributed by atoms with E-state index in [-0.39, 0.29) is 29.7 Å². The Morgan fingerprint density at radius 2 is 1.90 bits per heavy atom. The van der Waals surface area contributed by atoms with Crippen LogP contribution in [0.25, 0.3) is 0 Å². The van der Waals surface area contributed by atoms with E-state index in [0.717, 1.165) is 13.0 Å². The van der Waals surface area contributed by atoms with Gasteiger partial charge >= 0.3 is 0 Å². The molecule has 0 saturated heterocycles. The predicted molar refractivity (Wildman–Crippen MR) is 97.8 cm³/mol. The molecule has 0 radical (unpaired) electrons. The molecule has 0 saturated carbocycles. The van der Waals surface area contributed by atoms with Gasteiger partial charge in [0.05, 0.1) is 12.3 Å². The van der Waals surface area contributed by atoms with Crippen molar-refractivity contribution in [3.05, 3.63) is 0 Å². The lowest BCUT2D eigenvalue weighted by Gasteiger charge is -2.17. The first-order valence-corrected chi connectivity index (χ1v) is 9.17. The third-order valence-electron chi connectivity index (χ3n) is 2.70. The summed E-state index contributed by atoms with van der Waals surface area (Å²) in [5.74, 6) is 0.795. The van der Waals surface area contributed by atoms with E-state index >= 15 is 0 Å². The summed E-state index contributed by atoms with van der Waals surface area (Å²) in [7, 11) is -2.94. The van der Waals surface area contributed by atoms with Crippen LogP contribution in [-0.4, -0.2) is 45.5 Å². The Balaban J connectivity index is 0.